The van der Waals surface area contributed by atoms with Crippen molar-refractivity contribution in [1.29, 1.82) is 0 Å². The van der Waals surface area contributed by atoms with E-state index in [9.17, 15) is 14.0 Å². The highest BCUT2D eigenvalue weighted by Gasteiger charge is 2.22. The van der Waals surface area contributed by atoms with Crippen LogP contribution in [0.25, 0.3) is 11.3 Å². The summed E-state index contributed by atoms with van der Waals surface area (Å²) in [5.41, 5.74) is 6.92. The first-order valence-corrected chi connectivity index (χ1v) is 9.44. The molecule has 0 unspecified atom stereocenters. The van der Waals surface area contributed by atoms with Crippen molar-refractivity contribution < 1.29 is 18.7 Å². The van der Waals surface area contributed by atoms with Gasteiger partial charge in [0.25, 0.3) is 5.91 Å². The van der Waals surface area contributed by atoms with Gasteiger partial charge in [0, 0.05) is 5.56 Å². The van der Waals surface area contributed by atoms with E-state index in [4.69, 9.17) is 10.5 Å². The Labute approximate surface area is 173 Å². The lowest BCUT2D eigenvalue weighted by Gasteiger charge is -2.18. The fourth-order valence-electron chi connectivity index (χ4n) is 2.84. The van der Waals surface area contributed by atoms with Gasteiger partial charge in [0.1, 0.15) is 29.1 Å². The van der Waals surface area contributed by atoms with Crippen LogP contribution in [0, 0.1) is 11.7 Å². The topological polar surface area (TPSA) is 94.3 Å². The number of carbonyl (C=O) groups is 2. The van der Waals surface area contributed by atoms with Gasteiger partial charge < -0.3 is 15.8 Å². The van der Waals surface area contributed by atoms with Crippen LogP contribution in [0.15, 0.2) is 66.7 Å². The molecule has 30 heavy (non-hydrogen) atoms. The van der Waals surface area contributed by atoms with Crippen LogP contribution in [0.1, 0.15) is 24.3 Å². The van der Waals surface area contributed by atoms with Crippen molar-refractivity contribution in [2.45, 2.75) is 19.9 Å². The van der Waals surface area contributed by atoms with Gasteiger partial charge in [0.15, 0.2) is 0 Å². The molecule has 0 spiro atoms. The first kappa shape index (κ1) is 21.0. The van der Waals surface area contributed by atoms with Crippen LogP contribution in [0.3, 0.4) is 0 Å². The monoisotopic (exact) mass is 407 g/mol. The number of nitrogens with two attached hydrogens (primary N) is 1. The van der Waals surface area contributed by atoms with E-state index in [1.807, 2.05) is 12.1 Å². The van der Waals surface area contributed by atoms with Crippen molar-refractivity contribution in [3.05, 3.63) is 78.2 Å². The fraction of sp³-hybridized carbons (Fsp3) is 0.174. The molecule has 0 aliphatic rings. The maximum atomic E-state index is 13.0. The van der Waals surface area contributed by atoms with E-state index in [2.05, 4.69) is 10.3 Å². The second-order valence-corrected chi connectivity index (χ2v) is 7.09. The molecule has 0 aliphatic carbocycles. The van der Waals surface area contributed by atoms with Gasteiger partial charge in [-0.3, -0.25) is 9.59 Å². The molecule has 1 atom stereocenters. The maximum absolute atomic E-state index is 13.0. The second kappa shape index (κ2) is 9.17. The molecule has 0 saturated carbocycles. The predicted octanol–water partition coefficient (Wildman–Crippen LogP) is 3.92. The molecule has 0 saturated heterocycles. The summed E-state index contributed by atoms with van der Waals surface area (Å²) in [4.78, 5) is 28.4. The molecular formula is C23H22FN3O3. The molecule has 154 valence electrons. The van der Waals surface area contributed by atoms with E-state index in [1.54, 1.807) is 56.3 Å². The SMILES string of the molecule is CC(C)[C@H](NC(=O)c1cccc(-c2ccc(Oc3ccc(F)cc3)cc2)n1)C(N)=O. The molecule has 2 aromatic carbocycles. The summed E-state index contributed by atoms with van der Waals surface area (Å²) in [5, 5.41) is 2.63. The van der Waals surface area contributed by atoms with Gasteiger partial charge in [-0.1, -0.05) is 19.9 Å². The van der Waals surface area contributed by atoms with Gasteiger partial charge in [-0.2, -0.15) is 0 Å². The molecule has 3 rings (SSSR count). The lowest BCUT2D eigenvalue weighted by Crippen LogP contribution is -2.47. The zero-order valence-electron chi connectivity index (χ0n) is 16.6. The van der Waals surface area contributed by atoms with Gasteiger partial charge in [-0.25, -0.2) is 9.37 Å². The summed E-state index contributed by atoms with van der Waals surface area (Å²) < 4.78 is 18.7. The van der Waals surface area contributed by atoms with Crippen LogP contribution in [-0.4, -0.2) is 22.8 Å². The lowest BCUT2D eigenvalue weighted by molar-refractivity contribution is -0.120. The highest BCUT2D eigenvalue weighted by Crippen LogP contribution is 2.25. The number of benzene rings is 2. The molecular weight excluding hydrogens is 385 g/mol. The van der Waals surface area contributed by atoms with E-state index in [0.29, 0.717) is 17.2 Å². The number of rotatable bonds is 7. The van der Waals surface area contributed by atoms with Crippen LogP contribution in [-0.2, 0) is 4.79 Å². The van der Waals surface area contributed by atoms with Crippen molar-refractivity contribution >= 4 is 11.8 Å². The smallest absolute Gasteiger partial charge is 0.270 e. The third-order valence-corrected chi connectivity index (χ3v) is 4.44. The molecule has 0 aliphatic heterocycles. The normalized spacial score (nSPS) is 11.7. The highest BCUT2D eigenvalue weighted by atomic mass is 19.1. The number of carbonyl (C=O) groups excluding carboxylic acids is 2. The van der Waals surface area contributed by atoms with E-state index in [0.717, 1.165) is 5.56 Å². The third kappa shape index (κ3) is 5.20. The number of nitrogens with one attached hydrogen (secondary N) is 1. The first-order valence-electron chi connectivity index (χ1n) is 9.44. The summed E-state index contributed by atoms with van der Waals surface area (Å²) in [7, 11) is 0. The van der Waals surface area contributed by atoms with Crippen molar-refractivity contribution in [2.24, 2.45) is 11.7 Å². The number of primary amides is 1. The maximum Gasteiger partial charge on any atom is 0.270 e. The van der Waals surface area contributed by atoms with Gasteiger partial charge in [-0.15, -0.1) is 0 Å². The Bertz CT molecular complexity index is 1030. The molecule has 0 radical (unpaired) electrons. The Hall–Kier alpha value is -3.74. The van der Waals surface area contributed by atoms with Gasteiger partial charge in [0.2, 0.25) is 5.91 Å². The fourth-order valence-corrected chi connectivity index (χ4v) is 2.84. The Morgan fingerprint density at radius 1 is 0.967 bits per heavy atom. The second-order valence-electron chi connectivity index (χ2n) is 7.09. The minimum atomic E-state index is -0.772. The quantitative estimate of drug-likeness (QED) is 0.621. The summed E-state index contributed by atoms with van der Waals surface area (Å²) >= 11 is 0. The molecule has 7 heteroatoms. The van der Waals surface area contributed by atoms with Gasteiger partial charge in [-0.05, 0) is 66.6 Å². The van der Waals surface area contributed by atoms with Crippen LogP contribution < -0.4 is 15.8 Å². The molecule has 6 nitrogen and oxygen atoms in total. The molecule has 1 aromatic heterocycles. The molecule has 0 bridgehead atoms. The van der Waals surface area contributed by atoms with Crippen molar-refractivity contribution in [2.75, 3.05) is 0 Å². The summed E-state index contributed by atoms with van der Waals surface area (Å²) in [6.45, 7) is 3.60. The summed E-state index contributed by atoms with van der Waals surface area (Å²) in [6.07, 6.45) is 0. The first-order chi connectivity index (χ1) is 14.3. The van der Waals surface area contributed by atoms with Gasteiger partial charge in [0.05, 0.1) is 5.69 Å². The number of amides is 2. The van der Waals surface area contributed by atoms with Crippen LogP contribution >= 0.6 is 0 Å². The number of hydrogen-bond donors (Lipinski definition) is 2. The Morgan fingerprint density at radius 3 is 2.13 bits per heavy atom. The van der Waals surface area contributed by atoms with Crippen LogP contribution in [0.2, 0.25) is 0 Å². The molecule has 3 aromatic rings. The number of halogens is 1. The van der Waals surface area contributed by atoms with Crippen LogP contribution in [0.4, 0.5) is 4.39 Å². The largest absolute Gasteiger partial charge is 0.457 e. The van der Waals surface area contributed by atoms with Crippen molar-refractivity contribution in [3.63, 3.8) is 0 Å². The minimum Gasteiger partial charge on any atom is -0.457 e. The van der Waals surface area contributed by atoms with Crippen LogP contribution in [0.5, 0.6) is 11.5 Å². The molecule has 3 N–H and O–H groups in total. The average Bonchev–Trinajstić information content (AvgIpc) is 2.73. The number of hydrogen-bond acceptors (Lipinski definition) is 4. The van der Waals surface area contributed by atoms with E-state index < -0.39 is 17.9 Å². The average molecular weight is 407 g/mol. The molecule has 0 fully saturated rings. The standard InChI is InChI=1S/C23H22FN3O3/c1-14(2)21(22(25)28)27-23(29)20-5-3-4-19(26-20)15-6-10-17(11-7-15)30-18-12-8-16(24)9-13-18/h3-14,21H,1-2H3,(H2,25,28)(H,27,29)/t21-/m0/s1. The highest BCUT2D eigenvalue weighted by molar-refractivity contribution is 5.96. The predicted molar refractivity (Wildman–Crippen MR) is 111 cm³/mol. The molecule has 1 heterocycles. The third-order valence-electron chi connectivity index (χ3n) is 4.44. The van der Waals surface area contributed by atoms with Crippen molar-refractivity contribution in [3.8, 4) is 22.8 Å². The summed E-state index contributed by atoms with van der Waals surface area (Å²) in [6, 6.07) is 17.2. The van der Waals surface area contributed by atoms with Gasteiger partial charge >= 0.3 is 0 Å². The number of aromatic nitrogens is 1. The molecule has 2 amide bonds. The Kier molecular flexibility index (Phi) is 6.41. The zero-order valence-corrected chi connectivity index (χ0v) is 16.6. The van der Waals surface area contributed by atoms with E-state index in [1.165, 1.54) is 12.1 Å². The number of pyridine rings is 1. The van der Waals surface area contributed by atoms with E-state index >= 15 is 0 Å². The zero-order chi connectivity index (χ0) is 21.7. The van der Waals surface area contributed by atoms with Crippen molar-refractivity contribution in [1.82, 2.24) is 10.3 Å². The lowest BCUT2D eigenvalue weighted by atomic mass is 10.0. The number of ether oxygens (including phenoxy) is 1. The van der Waals surface area contributed by atoms with E-state index in [-0.39, 0.29) is 17.4 Å². The number of nitrogens with zero attached hydrogens (tertiary/aromatic N) is 1. The summed E-state index contributed by atoms with van der Waals surface area (Å²) in [5.74, 6) is -0.418. The Morgan fingerprint density at radius 2 is 1.57 bits per heavy atom. The minimum absolute atomic E-state index is 0.136. The Balaban J connectivity index is 1.74.